The Morgan fingerprint density at radius 2 is 1.42 bits per heavy atom. The van der Waals surface area contributed by atoms with Crippen molar-refractivity contribution in [2.24, 2.45) is 0 Å². The lowest BCUT2D eigenvalue weighted by Crippen LogP contribution is -2.52. The number of ether oxygens (including phenoxy) is 3. The molecule has 2 aromatic rings. The van der Waals surface area contributed by atoms with E-state index in [2.05, 4.69) is 15.9 Å². The second-order valence-electron chi connectivity index (χ2n) is 5.67. The smallest absolute Gasteiger partial charge is 0.338 e. The first kappa shape index (κ1) is 18.5. The second kappa shape index (κ2) is 8.42. The van der Waals surface area contributed by atoms with Gasteiger partial charge in [0.25, 0.3) is 0 Å². The number of carbonyl (C=O) groups is 2. The van der Waals surface area contributed by atoms with E-state index >= 15 is 0 Å². The van der Waals surface area contributed by atoms with E-state index in [-0.39, 0.29) is 6.61 Å². The van der Waals surface area contributed by atoms with E-state index in [0.29, 0.717) is 11.1 Å². The maximum atomic E-state index is 13.9. The van der Waals surface area contributed by atoms with Crippen LogP contribution in [0.5, 0.6) is 0 Å². The Labute approximate surface area is 158 Å². The van der Waals surface area contributed by atoms with Crippen LogP contribution >= 0.6 is 15.9 Å². The summed E-state index contributed by atoms with van der Waals surface area (Å²) in [5, 5.41) is 0. The summed E-state index contributed by atoms with van der Waals surface area (Å²) in [6.45, 7) is -0.214. The number of hydrogen-bond acceptors (Lipinski definition) is 5. The maximum Gasteiger partial charge on any atom is 0.338 e. The van der Waals surface area contributed by atoms with E-state index in [4.69, 9.17) is 14.2 Å². The molecule has 0 saturated carbocycles. The van der Waals surface area contributed by atoms with Gasteiger partial charge in [-0.1, -0.05) is 52.3 Å². The molecule has 0 radical (unpaired) electrons. The molecule has 1 aliphatic rings. The van der Waals surface area contributed by atoms with Crippen LogP contribution in [0, 0.1) is 0 Å². The van der Waals surface area contributed by atoms with Gasteiger partial charge in [-0.25, -0.2) is 14.0 Å². The van der Waals surface area contributed by atoms with Gasteiger partial charge in [-0.2, -0.15) is 0 Å². The molecule has 4 atom stereocenters. The van der Waals surface area contributed by atoms with Gasteiger partial charge in [0.1, 0.15) is 4.83 Å². The van der Waals surface area contributed by atoms with Crippen LogP contribution in [0.2, 0.25) is 0 Å². The lowest BCUT2D eigenvalue weighted by atomic mass is 10.1. The molecule has 0 aliphatic carbocycles. The van der Waals surface area contributed by atoms with Gasteiger partial charge in [0, 0.05) is 0 Å². The molecule has 0 spiro atoms. The van der Waals surface area contributed by atoms with Gasteiger partial charge in [0.2, 0.25) is 6.36 Å². The van der Waals surface area contributed by atoms with Crippen LogP contribution in [0.3, 0.4) is 0 Å². The third kappa shape index (κ3) is 4.28. The van der Waals surface area contributed by atoms with Gasteiger partial charge in [-0.15, -0.1) is 0 Å². The number of halogens is 2. The lowest BCUT2D eigenvalue weighted by Gasteiger charge is -2.36. The van der Waals surface area contributed by atoms with E-state index < -0.39 is 35.3 Å². The van der Waals surface area contributed by atoms with Crippen molar-refractivity contribution in [3.8, 4) is 0 Å². The van der Waals surface area contributed by atoms with Crippen LogP contribution in [0.25, 0.3) is 0 Å². The molecule has 3 rings (SSSR count). The van der Waals surface area contributed by atoms with E-state index in [1.54, 1.807) is 60.7 Å². The Bertz CT molecular complexity index is 755. The predicted octanol–water partition coefficient (Wildman–Crippen LogP) is 3.53. The van der Waals surface area contributed by atoms with E-state index in [0.717, 1.165) is 0 Å². The van der Waals surface area contributed by atoms with Crippen molar-refractivity contribution in [2.45, 2.75) is 23.4 Å². The molecule has 0 N–H and O–H groups in total. The fourth-order valence-electron chi connectivity index (χ4n) is 2.52. The molecular weight excluding hydrogens is 407 g/mol. The monoisotopic (exact) mass is 422 g/mol. The molecule has 26 heavy (non-hydrogen) atoms. The summed E-state index contributed by atoms with van der Waals surface area (Å²) >= 11 is 3.14. The molecule has 0 amide bonds. The van der Waals surface area contributed by atoms with Gasteiger partial charge in [-0.05, 0) is 24.3 Å². The van der Waals surface area contributed by atoms with Gasteiger partial charge >= 0.3 is 11.9 Å². The van der Waals surface area contributed by atoms with Crippen LogP contribution in [-0.4, -0.2) is 41.9 Å². The highest BCUT2D eigenvalue weighted by molar-refractivity contribution is 9.09. The molecule has 2 aromatic carbocycles. The highest BCUT2D eigenvalue weighted by atomic mass is 79.9. The van der Waals surface area contributed by atoms with E-state index in [9.17, 15) is 14.0 Å². The second-order valence-corrected chi connectivity index (χ2v) is 6.73. The summed E-state index contributed by atoms with van der Waals surface area (Å²) in [5.74, 6) is -1.23. The van der Waals surface area contributed by atoms with Crippen LogP contribution in [-0.2, 0) is 14.2 Å². The van der Waals surface area contributed by atoms with Crippen LogP contribution in [0.15, 0.2) is 60.7 Å². The van der Waals surface area contributed by atoms with Gasteiger partial charge in [0.05, 0.1) is 17.7 Å². The minimum Gasteiger partial charge on any atom is -0.453 e. The quantitative estimate of drug-likeness (QED) is 0.557. The molecule has 5 nitrogen and oxygen atoms in total. The Hall–Kier alpha value is -2.25. The van der Waals surface area contributed by atoms with Crippen molar-refractivity contribution in [3.63, 3.8) is 0 Å². The van der Waals surface area contributed by atoms with Crippen molar-refractivity contribution in [1.29, 1.82) is 0 Å². The fraction of sp³-hybridized carbons (Fsp3) is 0.263. The number of benzene rings is 2. The van der Waals surface area contributed by atoms with Crippen molar-refractivity contribution < 1.29 is 28.2 Å². The largest absolute Gasteiger partial charge is 0.453 e. The fourth-order valence-corrected chi connectivity index (χ4v) is 3.12. The van der Waals surface area contributed by atoms with E-state index in [1.807, 2.05) is 0 Å². The molecule has 0 bridgehead atoms. The van der Waals surface area contributed by atoms with Crippen molar-refractivity contribution in [1.82, 2.24) is 0 Å². The zero-order valence-corrected chi connectivity index (χ0v) is 15.2. The number of rotatable bonds is 4. The number of esters is 2. The summed E-state index contributed by atoms with van der Waals surface area (Å²) in [5.41, 5.74) is 0.663. The maximum absolute atomic E-state index is 13.9. The van der Waals surface area contributed by atoms with Crippen molar-refractivity contribution >= 4 is 27.9 Å². The molecule has 1 saturated heterocycles. The molecular formula is C19H16BrFO5. The van der Waals surface area contributed by atoms with Crippen molar-refractivity contribution in [2.75, 3.05) is 6.61 Å². The molecule has 1 aliphatic heterocycles. The highest BCUT2D eigenvalue weighted by Gasteiger charge is 2.44. The standard InChI is InChI=1S/C19H16BrFO5/c20-15-16(26-19(23)13-9-5-2-6-10-13)14(11-24-17(15)21)25-18(22)12-7-3-1-4-8-12/h1-10,14-17H,11H2/t14-,15+,16+,17-/m1/s1. The third-order valence-electron chi connectivity index (χ3n) is 3.87. The average molecular weight is 423 g/mol. The first-order valence-electron chi connectivity index (χ1n) is 7.98. The van der Waals surface area contributed by atoms with Crippen LogP contribution < -0.4 is 0 Å². The van der Waals surface area contributed by atoms with Crippen molar-refractivity contribution in [3.05, 3.63) is 71.8 Å². The summed E-state index contributed by atoms with van der Waals surface area (Å²) in [4.78, 5) is 23.6. The molecule has 0 unspecified atom stereocenters. The first-order valence-corrected chi connectivity index (χ1v) is 8.89. The third-order valence-corrected chi connectivity index (χ3v) is 4.81. The van der Waals surface area contributed by atoms with Gasteiger partial charge in [-0.3, -0.25) is 0 Å². The van der Waals surface area contributed by atoms with Crippen LogP contribution in [0.1, 0.15) is 20.7 Å². The topological polar surface area (TPSA) is 61.8 Å². The summed E-state index contributed by atoms with van der Waals surface area (Å²) in [6.07, 6.45) is -3.65. The molecule has 7 heteroatoms. The molecule has 1 fully saturated rings. The Kier molecular flexibility index (Phi) is 6.00. The zero-order chi connectivity index (χ0) is 18.5. The molecule has 1 heterocycles. The summed E-state index contributed by atoms with van der Waals surface area (Å²) < 4.78 is 29.7. The Morgan fingerprint density at radius 1 is 0.923 bits per heavy atom. The Balaban J connectivity index is 1.74. The predicted molar refractivity (Wildman–Crippen MR) is 94.9 cm³/mol. The van der Waals surface area contributed by atoms with Crippen LogP contribution in [0.4, 0.5) is 4.39 Å². The normalized spacial score (nSPS) is 25.3. The average Bonchev–Trinajstić information content (AvgIpc) is 2.68. The summed E-state index contributed by atoms with van der Waals surface area (Å²) in [6, 6.07) is 16.7. The lowest BCUT2D eigenvalue weighted by molar-refractivity contribution is -0.159. The zero-order valence-electron chi connectivity index (χ0n) is 13.6. The highest BCUT2D eigenvalue weighted by Crippen LogP contribution is 2.28. The molecule has 0 aromatic heterocycles. The minimum atomic E-state index is -1.68. The minimum absolute atomic E-state index is 0.214. The number of carbonyl (C=O) groups excluding carboxylic acids is 2. The van der Waals surface area contributed by atoms with Gasteiger partial charge < -0.3 is 14.2 Å². The number of hydrogen-bond donors (Lipinski definition) is 0. The van der Waals surface area contributed by atoms with E-state index in [1.165, 1.54) is 0 Å². The Morgan fingerprint density at radius 3 is 1.96 bits per heavy atom. The summed E-state index contributed by atoms with van der Waals surface area (Å²) in [7, 11) is 0. The SMILES string of the molecule is O=C(O[C@@H]1[C@H](Br)[C@H](F)OC[C@H]1OC(=O)c1ccccc1)c1ccccc1. The first-order chi connectivity index (χ1) is 12.6. The number of alkyl halides is 2. The van der Waals surface area contributed by atoms with Gasteiger partial charge in [0.15, 0.2) is 12.2 Å². The molecule has 136 valence electrons.